The van der Waals surface area contributed by atoms with Gasteiger partial charge in [0.05, 0.1) is 5.56 Å². The summed E-state index contributed by atoms with van der Waals surface area (Å²) in [5.74, 6) is -0.269. The molecule has 0 bridgehead atoms. The number of likely N-dealkylation sites (N-methyl/N-ethyl adjacent to an activating group) is 2. The average molecular weight is 366 g/mol. The number of nitrogen functional groups attached to an aromatic ring is 1. The molecule has 1 saturated heterocycles. The van der Waals surface area contributed by atoms with Gasteiger partial charge in [0, 0.05) is 36.6 Å². The van der Waals surface area contributed by atoms with Gasteiger partial charge in [0.15, 0.2) is 0 Å². The number of anilines is 2. The van der Waals surface area contributed by atoms with Gasteiger partial charge < -0.3 is 20.9 Å². The summed E-state index contributed by atoms with van der Waals surface area (Å²) in [5, 5.41) is 2.81. The van der Waals surface area contributed by atoms with Crippen molar-refractivity contribution in [2.75, 3.05) is 38.2 Å². The summed E-state index contributed by atoms with van der Waals surface area (Å²) in [6, 6.07) is 14.1. The number of carbonyl (C=O) groups excluding carboxylic acids is 2. The number of carbonyl (C=O) groups is 2. The molecule has 3 rings (SSSR count). The predicted molar refractivity (Wildman–Crippen MR) is 108 cm³/mol. The highest BCUT2D eigenvalue weighted by Crippen LogP contribution is 2.18. The van der Waals surface area contributed by atoms with Crippen LogP contribution in [0.2, 0.25) is 0 Å². The normalized spacial score (nSPS) is 17.3. The second kappa shape index (κ2) is 8.22. The van der Waals surface area contributed by atoms with Gasteiger partial charge in [-0.3, -0.25) is 9.59 Å². The molecule has 6 heteroatoms. The number of amides is 2. The molecule has 6 nitrogen and oxygen atoms in total. The standard InChI is InChI=1S/C21H26N4O2/c1-24-13-5-6-17(14-24)25(2)21(27)15-9-11-16(12-10-15)23-20(26)18-7-3-4-8-19(18)22/h3-4,7-12,17H,5-6,13-14,22H2,1-2H3,(H,23,26). The number of benzene rings is 2. The molecular formula is C21H26N4O2. The average Bonchev–Trinajstić information content (AvgIpc) is 2.67. The largest absolute Gasteiger partial charge is 0.398 e. The Bertz CT molecular complexity index is 819. The summed E-state index contributed by atoms with van der Waals surface area (Å²) in [6.07, 6.45) is 2.13. The van der Waals surface area contributed by atoms with Gasteiger partial charge in [-0.1, -0.05) is 12.1 Å². The topological polar surface area (TPSA) is 78.7 Å². The molecule has 1 heterocycles. The van der Waals surface area contributed by atoms with E-state index < -0.39 is 0 Å². The van der Waals surface area contributed by atoms with Crippen LogP contribution >= 0.6 is 0 Å². The molecule has 1 aliphatic heterocycles. The summed E-state index contributed by atoms with van der Waals surface area (Å²) in [4.78, 5) is 29.2. The lowest BCUT2D eigenvalue weighted by Crippen LogP contribution is -2.47. The van der Waals surface area contributed by atoms with Gasteiger partial charge in [0.2, 0.25) is 0 Å². The van der Waals surface area contributed by atoms with Crippen molar-refractivity contribution < 1.29 is 9.59 Å². The van der Waals surface area contributed by atoms with Crippen molar-refractivity contribution in [3.05, 3.63) is 59.7 Å². The zero-order valence-corrected chi connectivity index (χ0v) is 15.8. The lowest BCUT2D eigenvalue weighted by Gasteiger charge is -2.35. The Morgan fingerprint density at radius 3 is 2.52 bits per heavy atom. The molecule has 142 valence electrons. The number of nitrogens with one attached hydrogen (secondary N) is 1. The maximum Gasteiger partial charge on any atom is 0.257 e. The van der Waals surface area contributed by atoms with Crippen LogP contribution in [0.5, 0.6) is 0 Å². The molecule has 2 aromatic carbocycles. The highest BCUT2D eigenvalue weighted by molar-refractivity contribution is 6.07. The minimum atomic E-state index is -0.269. The molecule has 0 aliphatic carbocycles. The van der Waals surface area contributed by atoms with Gasteiger partial charge in [0.25, 0.3) is 11.8 Å². The number of para-hydroxylation sites is 1. The molecule has 0 saturated carbocycles. The first-order valence-corrected chi connectivity index (χ1v) is 9.17. The van der Waals surface area contributed by atoms with Gasteiger partial charge in [-0.2, -0.15) is 0 Å². The van der Waals surface area contributed by atoms with Crippen LogP contribution in [0, 0.1) is 0 Å². The third kappa shape index (κ3) is 4.46. The fraction of sp³-hybridized carbons (Fsp3) is 0.333. The SMILES string of the molecule is CN1CCCC(N(C)C(=O)c2ccc(NC(=O)c3ccccc3N)cc2)C1. The lowest BCUT2D eigenvalue weighted by atomic mass is 10.0. The Morgan fingerprint density at radius 2 is 1.85 bits per heavy atom. The first-order chi connectivity index (χ1) is 13.0. The minimum absolute atomic E-state index is 0.000445. The van der Waals surface area contributed by atoms with Crippen molar-refractivity contribution in [1.29, 1.82) is 0 Å². The van der Waals surface area contributed by atoms with E-state index in [-0.39, 0.29) is 17.9 Å². The molecule has 1 unspecified atom stereocenters. The Balaban J connectivity index is 1.65. The van der Waals surface area contributed by atoms with Crippen molar-refractivity contribution >= 4 is 23.2 Å². The van der Waals surface area contributed by atoms with Crippen LogP contribution in [-0.2, 0) is 0 Å². The van der Waals surface area contributed by atoms with Crippen LogP contribution in [0.4, 0.5) is 11.4 Å². The van der Waals surface area contributed by atoms with Crippen molar-refractivity contribution in [3.8, 4) is 0 Å². The number of nitrogens with two attached hydrogens (primary N) is 1. The molecule has 3 N–H and O–H groups in total. The summed E-state index contributed by atoms with van der Waals surface area (Å²) < 4.78 is 0. The monoisotopic (exact) mass is 366 g/mol. The lowest BCUT2D eigenvalue weighted by molar-refractivity contribution is 0.0644. The van der Waals surface area contributed by atoms with E-state index in [1.54, 1.807) is 48.5 Å². The molecule has 1 aliphatic rings. The quantitative estimate of drug-likeness (QED) is 0.816. The van der Waals surface area contributed by atoms with Crippen LogP contribution in [0.25, 0.3) is 0 Å². The fourth-order valence-corrected chi connectivity index (χ4v) is 3.42. The number of likely N-dealkylation sites (tertiary alicyclic amines) is 1. The van der Waals surface area contributed by atoms with E-state index in [1.165, 1.54) is 0 Å². The highest BCUT2D eigenvalue weighted by atomic mass is 16.2. The first-order valence-electron chi connectivity index (χ1n) is 9.17. The Labute approximate surface area is 159 Å². The van der Waals surface area contributed by atoms with Crippen molar-refractivity contribution in [3.63, 3.8) is 0 Å². The van der Waals surface area contributed by atoms with E-state index in [0.29, 0.717) is 22.5 Å². The second-order valence-electron chi connectivity index (χ2n) is 7.09. The van der Waals surface area contributed by atoms with E-state index in [1.807, 2.05) is 11.9 Å². The zero-order valence-electron chi connectivity index (χ0n) is 15.8. The minimum Gasteiger partial charge on any atom is -0.398 e. The van der Waals surface area contributed by atoms with Gasteiger partial charge in [-0.15, -0.1) is 0 Å². The summed E-state index contributed by atoms with van der Waals surface area (Å²) in [5.41, 5.74) is 7.94. The number of nitrogens with zero attached hydrogens (tertiary/aromatic N) is 2. The maximum absolute atomic E-state index is 12.8. The number of piperidine rings is 1. The van der Waals surface area contributed by atoms with Crippen LogP contribution in [-0.4, -0.2) is 54.8 Å². The molecule has 0 aromatic heterocycles. The molecule has 0 spiro atoms. The zero-order chi connectivity index (χ0) is 19.4. The third-order valence-corrected chi connectivity index (χ3v) is 5.06. The molecule has 1 atom stereocenters. The number of hydrogen-bond acceptors (Lipinski definition) is 4. The summed E-state index contributed by atoms with van der Waals surface area (Å²) in [7, 11) is 3.95. The maximum atomic E-state index is 12.8. The van der Waals surface area contributed by atoms with E-state index in [0.717, 1.165) is 25.9 Å². The Kier molecular flexibility index (Phi) is 5.76. The molecule has 27 heavy (non-hydrogen) atoms. The summed E-state index contributed by atoms with van der Waals surface area (Å²) >= 11 is 0. The highest BCUT2D eigenvalue weighted by Gasteiger charge is 2.25. The van der Waals surface area contributed by atoms with Gasteiger partial charge in [-0.05, 0) is 62.8 Å². The van der Waals surface area contributed by atoms with Crippen LogP contribution < -0.4 is 11.1 Å². The first kappa shape index (κ1) is 18.9. The van der Waals surface area contributed by atoms with Crippen LogP contribution in [0.3, 0.4) is 0 Å². The van der Waals surface area contributed by atoms with Crippen molar-refractivity contribution in [2.45, 2.75) is 18.9 Å². The van der Waals surface area contributed by atoms with Gasteiger partial charge in [-0.25, -0.2) is 0 Å². The predicted octanol–water partition coefficient (Wildman–Crippen LogP) is 2.69. The molecule has 1 fully saturated rings. The van der Waals surface area contributed by atoms with Gasteiger partial charge in [0.1, 0.15) is 0 Å². The number of hydrogen-bond donors (Lipinski definition) is 2. The van der Waals surface area contributed by atoms with E-state index in [9.17, 15) is 9.59 Å². The molecule has 0 radical (unpaired) electrons. The fourth-order valence-electron chi connectivity index (χ4n) is 3.42. The second-order valence-corrected chi connectivity index (χ2v) is 7.09. The Morgan fingerprint density at radius 1 is 1.15 bits per heavy atom. The Hall–Kier alpha value is -2.86. The van der Waals surface area contributed by atoms with E-state index >= 15 is 0 Å². The van der Waals surface area contributed by atoms with Crippen molar-refractivity contribution in [1.82, 2.24) is 9.80 Å². The van der Waals surface area contributed by atoms with Crippen LogP contribution in [0.1, 0.15) is 33.6 Å². The van der Waals surface area contributed by atoms with Crippen LogP contribution in [0.15, 0.2) is 48.5 Å². The van der Waals surface area contributed by atoms with Gasteiger partial charge >= 0.3 is 0 Å². The molecule has 2 aromatic rings. The summed E-state index contributed by atoms with van der Waals surface area (Å²) in [6.45, 7) is 1.98. The van der Waals surface area contributed by atoms with E-state index in [2.05, 4.69) is 17.3 Å². The number of rotatable bonds is 4. The smallest absolute Gasteiger partial charge is 0.257 e. The molecular weight excluding hydrogens is 340 g/mol. The van der Waals surface area contributed by atoms with E-state index in [4.69, 9.17) is 5.73 Å². The molecule has 2 amide bonds. The third-order valence-electron chi connectivity index (χ3n) is 5.06. The van der Waals surface area contributed by atoms with Crippen molar-refractivity contribution in [2.24, 2.45) is 0 Å².